The van der Waals surface area contributed by atoms with E-state index in [9.17, 15) is 19.1 Å². The van der Waals surface area contributed by atoms with E-state index < -0.39 is 34.8 Å². The fourth-order valence-corrected chi connectivity index (χ4v) is 3.40. The molecule has 1 saturated heterocycles. The zero-order valence-corrected chi connectivity index (χ0v) is 14.3. The average molecular weight is 367 g/mol. The number of hydrogen-bond donors (Lipinski definition) is 3. The van der Waals surface area contributed by atoms with Gasteiger partial charge < -0.3 is 19.7 Å². The third-order valence-electron chi connectivity index (χ3n) is 4.48. The number of anilines is 1. The predicted molar refractivity (Wildman–Crippen MR) is 91.6 cm³/mol. The summed E-state index contributed by atoms with van der Waals surface area (Å²) in [4.78, 5) is 25.0. The Hall–Kier alpha value is -2.52. The molecule has 26 heavy (non-hydrogen) atoms. The molecule has 0 spiro atoms. The van der Waals surface area contributed by atoms with Crippen LogP contribution in [-0.4, -0.2) is 46.1 Å². The zero-order chi connectivity index (χ0) is 19.2. The highest BCUT2D eigenvalue weighted by atomic mass is 19.1. The van der Waals surface area contributed by atoms with Crippen LogP contribution in [0.3, 0.4) is 0 Å². The number of β-amino-alcohol motifs (C(OH)–C–C–N with tert-alkyl or cyclic N) is 1. The second kappa shape index (κ2) is 6.65. The minimum atomic E-state index is -1.46. The molecule has 2 heterocycles. The van der Waals surface area contributed by atoms with Crippen molar-refractivity contribution >= 4 is 22.6 Å². The van der Waals surface area contributed by atoms with Crippen LogP contribution in [0, 0.1) is 11.6 Å². The molecule has 2 unspecified atom stereocenters. The minimum absolute atomic E-state index is 0.0206. The first kappa shape index (κ1) is 18.3. The fraction of sp³-hybridized carbons (Fsp3) is 0.412. The van der Waals surface area contributed by atoms with E-state index in [2.05, 4.69) is 5.32 Å². The van der Waals surface area contributed by atoms with E-state index in [1.807, 2.05) is 0 Å². The van der Waals surface area contributed by atoms with E-state index in [0.29, 0.717) is 0 Å². The van der Waals surface area contributed by atoms with Crippen LogP contribution in [0.25, 0.3) is 10.9 Å². The molecule has 0 bridgehead atoms. The number of carbonyl (C=O) groups is 1. The van der Waals surface area contributed by atoms with Gasteiger partial charge in [-0.3, -0.25) is 10.1 Å². The zero-order valence-electron chi connectivity index (χ0n) is 14.3. The van der Waals surface area contributed by atoms with Gasteiger partial charge in [0, 0.05) is 25.3 Å². The largest absolute Gasteiger partial charge is 0.477 e. The molecule has 7 nitrogen and oxygen atoms in total. The Bertz CT molecular complexity index is 934. The minimum Gasteiger partial charge on any atom is -0.477 e. The van der Waals surface area contributed by atoms with Crippen LogP contribution in [0.2, 0.25) is 0 Å². The summed E-state index contributed by atoms with van der Waals surface area (Å²) >= 11 is 0. The van der Waals surface area contributed by atoms with E-state index >= 15 is 4.39 Å². The number of rotatable bonds is 3. The van der Waals surface area contributed by atoms with Crippen molar-refractivity contribution in [3.05, 3.63) is 39.7 Å². The van der Waals surface area contributed by atoms with Gasteiger partial charge in [-0.05, 0) is 19.9 Å². The average Bonchev–Trinajstić information content (AvgIpc) is 2.54. The third kappa shape index (κ3) is 2.93. The lowest BCUT2D eigenvalue weighted by Crippen LogP contribution is -2.55. The van der Waals surface area contributed by atoms with Gasteiger partial charge in [-0.15, -0.1) is 0 Å². The molecule has 140 valence electrons. The molecule has 1 aromatic carbocycles. The van der Waals surface area contributed by atoms with Gasteiger partial charge in [-0.25, -0.2) is 13.6 Å². The second-order valence-electron chi connectivity index (χ2n) is 6.37. The van der Waals surface area contributed by atoms with E-state index in [-0.39, 0.29) is 42.3 Å². The van der Waals surface area contributed by atoms with Crippen LogP contribution in [0.4, 0.5) is 14.5 Å². The fourth-order valence-electron chi connectivity index (χ4n) is 3.40. The quantitative estimate of drug-likeness (QED) is 0.753. The van der Waals surface area contributed by atoms with Gasteiger partial charge in [0.1, 0.15) is 23.3 Å². The normalized spacial score (nSPS) is 20.6. The number of hydrogen-bond acceptors (Lipinski definition) is 5. The number of pyridine rings is 1. The summed E-state index contributed by atoms with van der Waals surface area (Å²) in [5.41, 5.74) is -1.97. The van der Waals surface area contributed by atoms with E-state index in [0.717, 1.165) is 12.3 Å². The second-order valence-corrected chi connectivity index (χ2v) is 6.37. The molecule has 3 rings (SSSR count). The van der Waals surface area contributed by atoms with Crippen molar-refractivity contribution in [2.45, 2.75) is 32.7 Å². The molecule has 1 aliphatic rings. The van der Waals surface area contributed by atoms with E-state index in [1.165, 1.54) is 9.47 Å². The highest BCUT2D eigenvalue weighted by Gasteiger charge is 2.29. The number of aliphatic hydroxyl groups is 1. The molecule has 0 aliphatic carbocycles. The summed E-state index contributed by atoms with van der Waals surface area (Å²) < 4.78 is 31.2. The summed E-state index contributed by atoms with van der Waals surface area (Å²) in [6.07, 6.45) is 0.114. The molecule has 0 saturated carbocycles. The van der Waals surface area contributed by atoms with Crippen LogP contribution < -0.4 is 15.6 Å². The number of carboxylic acid groups (broad SMARTS) is 1. The highest BCUT2D eigenvalue weighted by Crippen LogP contribution is 2.31. The van der Waals surface area contributed by atoms with E-state index in [4.69, 9.17) is 5.11 Å². The van der Waals surface area contributed by atoms with Crippen molar-refractivity contribution in [2.75, 3.05) is 18.0 Å². The van der Waals surface area contributed by atoms with Gasteiger partial charge >= 0.3 is 5.97 Å². The summed E-state index contributed by atoms with van der Waals surface area (Å²) in [5, 5.41) is 21.5. The third-order valence-corrected chi connectivity index (χ3v) is 4.48. The number of carboxylic acids is 1. The van der Waals surface area contributed by atoms with Crippen molar-refractivity contribution in [2.24, 2.45) is 0 Å². The number of benzene rings is 1. The molecular weight excluding hydrogens is 348 g/mol. The SMILES string of the molecule is CCn1cc(C(=O)O)c(=O)c2cc(F)c(N3CC(C)NC(O)C3)c(F)c21. The Morgan fingerprint density at radius 1 is 1.38 bits per heavy atom. The summed E-state index contributed by atoms with van der Waals surface area (Å²) in [6, 6.07) is 0.671. The lowest BCUT2D eigenvalue weighted by atomic mass is 10.1. The number of aromatic nitrogens is 1. The van der Waals surface area contributed by atoms with Crippen molar-refractivity contribution in [1.82, 2.24) is 9.88 Å². The Balaban J connectivity index is 2.30. The lowest BCUT2D eigenvalue weighted by molar-refractivity contribution is 0.0694. The van der Waals surface area contributed by atoms with Crippen molar-refractivity contribution in [3.63, 3.8) is 0 Å². The van der Waals surface area contributed by atoms with Crippen LogP contribution in [-0.2, 0) is 6.54 Å². The summed E-state index contributed by atoms with van der Waals surface area (Å²) in [5.74, 6) is -3.38. The topological polar surface area (TPSA) is 94.8 Å². The van der Waals surface area contributed by atoms with Gasteiger partial charge in [0.25, 0.3) is 0 Å². The number of aliphatic hydroxyl groups excluding tert-OH is 1. The van der Waals surface area contributed by atoms with Crippen LogP contribution >= 0.6 is 0 Å². The van der Waals surface area contributed by atoms with Gasteiger partial charge in [-0.1, -0.05) is 0 Å². The number of fused-ring (bicyclic) bond motifs is 1. The van der Waals surface area contributed by atoms with E-state index in [1.54, 1.807) is 13.8 Å². The number of nitrogens with zero attached hydrogens (tertiary/aromatic N) is 2. The first-order valence-electron chi connectivity index (χ1n) is 8.22. The molecule has 1 aliphatic heterocycles. The Labute approximate surface area is 147 Å². The summed E-state index contributed by atoms with van der Waals surface area (Å²) in [7, 11) is 0. The summed E-state index contributed by atoms with van der Waals surface area (Å²) in [6.45, 7) is 3.87. The monoisotopic (exact) mass is 367 g/mol. The number of halogens is 2. The molecule has 2 atom stereocenters. The highest BCUT2D eigenvalue weighted by molar-refractivity contribution is 5.93. The number of aryl methyl sites for hydroxylation is 1. The van der Waals surface area contributed by atoms with Crippen LogP contribution in [0.1, 0.15) is 24.2 Å². The smallest absolute Gasteiger partial charge is 0.341 e. The van der Waals surface area contributed by atoms with Crippen molar-refractivity contribution in [1.29, 1.82) is 0 Å². The Morgan fingerprint density at radius 3 is 2.65 bits per heavy atom. The van der Waals surface area contributed by atoms with Gasteiger partial charge in [0.05, 0.1) is 17.4 Å². The van der Waals surface area contributed by atoms with Gasteiger partial charge in [0.15, 0.2) is 5.82 Å². The van der Waals surface area contributed by atoms with Gasteiger partial charge in [-0.2, -0.15) is 0 Å². The standard InChI is InChI=1S/C17H19F2N3O4/c1-3-21-6-10(17(25)26)16(24)9-4-11(18)15(13(19)14(9)21)22-5-8(2)20-12(23)7-22/h4,6,8,12,20,23H,3,5,7H2,1-2H3,(H,25,26). The predicted octanol–water partition coefficient (Wildman–Crippen LogP) is 1.11. The molecule has 1 fully saturated rings. The van der Waals surface area contributed by atoms with Crippen molar-refractivity contribution < 1.29 is 23.8 Å². The molecule has 9 heteroatoms. The molecular formula is C17H19F2N3O4. The molecule has 0 amide bonds. The van der Waals surface area contributed by atoms with Crippen LogP contribution in [0.5, 0.6) is 0 Å². The van der Waals surface area contributed by atoms with Gasteiger partial charge in [0.2, 0.25) is 5.43 Å². The van der Waals surface area contributed by atoms with Crippen molar-refractivity contribution in [3.8, 4) is 0 Å². The first-order valence-corrected chi connectivity index (χ1v) is 8.22. The molecule has 3 N–H and O–H groups in total. The Kier molecular flexibility index (Phi) is 4.68. The molecule has 2 aromatic rings. The lowest BCUT2D eigenvalue weighted by Gasteiger charge is -2.37. The maximum absolute atomic E-state index is 15.2. The molecule has 1 aromatic heterocycles. The number of aromatic carboxylic acids is 1. The number of nitrogens with one attached hydrogen (secondary N) is 1. The van der Waals surface area contributed by atoms with Crippen LogP contribution in [0.15, 0.2) is 17.1 Å². The maximum Gasteiger partial charge on any atom is 0.341 e. The first-order chi connectivity index (χ1) is 12.2. The maximum atomic E-state index is 15.2. The Morgan fingerprint density at radius 2 is 2.08 bits per heavy atom. The molecule has 0 radical (unpaired) electrons. The number of piperazine rings is 1.